The maximum atomic E-state index is 12.2. The number of hydrogen-bond donors (Lipinski definition) is 4. The average molecular weight is 328 g/mol. The normalized spacial score (nSPS) is 10.4. The molecule has 0 saturated heterocycles. The molecule has 2 aromatic rings. The molecular weight excluding hydrogens is 308 g/mol. The molecular formula is C18H20N2O4. The predicted octanol–water partition coefficient (Wildman–Crippen LogP) is 1.78. The molecule has 0 radical (unpaired) electrons. The van der Waals surface area contributed by atoms with Gasteiger partial charge < -0.3 is 20.8 Å². The molecule has 0 spiro atoms. The second-order valence-corrected chi connectivity index (χ2v) is 5.39. The largest absolute Gasteiger partial charge is 0.507 e. The molecule has 6 nitrogen and oxygen atoms in total. The lowest BCUT2D eigenvalue weighted by molar-refractivity contribution is 0.0693. The van der Waals surface area contributed by atoms with Crippen molar-refractivity contribution >= 4 is 11.9 Å². The van der Waals surface area contributed by atoms with Gasteiger partial charge in [-0.15, -0.1) is 0 Å². The fourth-order valence-corrected chi connectivity index (χ4v) is 2.29. The molecule has 0 unspecified atom stereocenters. The van der Waals surface area contributed by atoms with Crippen LogP contribution in [0, 0.1) is 0 Å². The lowest BCUT2D eigenvalue weighted by Crippen LogP contribution is -2.23. The number of carbonyl (C=O) groups excluding carboxylic acids is 1. The number of benzene rings is 2. The summed E-state index contributed by atoms with van der Waals surface area (Å²) in [6, 6.07) is 11.6. The first-order valence-corrected chi connectivity index (χ1v) is 7.58. The van der Waals surface area contributed by atoms with Crippen molar-refractivity contribution in [3.05, 3.63) is 64.7 Å². The van der Waals surface area contributed by atoms with Gasteiger partial charge >= 0.3 is 5.97 Å². The molecule has 0 bridgehead atoms. The first-order chi connectivity index (χ1) is 11.5. The second kappa shape index (κ2) is 8.12. The van der Waals surface area contributed by atoms with E-state index in [-0.39, 0.29) is 23.8 Å². The molecule has 1 amide bonds. The maximum absolute atomic E-state index is 12.2. The van der Waals surface area contributed by atoms with Crippen LogP contribution >= 0.6 is 0 Å². The van der Waals surface area contributed by atoms with Crippen molar-refractivity contribution in [3.63, 3.8) is 0 Å². The van der Waals surface area contributed by atoms with Gasteiger partial charge in [0.05, 0.1) is 0 Å². The third-order valence-corrected chi connectivity index (χ3v) is 3.60. The van der Waals surface area contributed by atoms with Gasteiger partial charge in [0.15, 0.2) is 0 Å². The zero-order valence-corrected chi connectivity index (χ0v) is 13.4. The quantitative estimate of drug-likeness (QED) is 0.621. The Morgan fingerprint density at radius 1 is 1.08 bits per heavy atom. The summed E-state index contributed by atoms with van der Waals surface area (Å²) in [5, 5.41) is 24.3. The topological polar surface area (TPSA) is 98.7 Å². The van der Waals surface area contributed by atoms with Crippen molar-refractivity contribution in [2.45, 2.75) is 13.0 Å². The third-order valence-electron chi connectivity index (χ3n) is 3.60. The fraction of sp³-hybridized carbons (Fsp3) is 0.222. The van der Waals surface area contributed by atoms with Gasteiger partial charge in [0.25, 0.3) is 5.91 Å². The summed E-state index contributed by atoms with van der Waals surface area (Å²) >= 11 is 0. The Morgan fingerprint density at radius 2 is 1.88 bits per heavy atom. The lowest BCUT2D eigenvalue weighted by atomic mass is 10.1. The molecule has 126 valence electrons. The molecule has 0 fully saturated rings. The molecule has 0 aromatic heterocycles. The van der Waals surface area contributed by atoms with Gasteiger partial charge in [-0.2, -0.15) is 0 Å². The number of nitrogens with one attached hydrogen (secondary N) is 2. The zero-order chi connectivity index (χ0) is 17.5. The predicted molar refractivity (Wildman–Crippen MR) is 90.3 cm³/mol. The minimum absolute atomic E-state index is 0.181. The summed E-state index contributed by atoms with van der Waals surface area (Å²) in [4.78, 5) is 23.2. The van der Waals surface area contributed by atoms with Crippen molar-refractivity contribution in [2.75, 3.05) is 13.6 Å². The standard InChI is InChI=1S/C18H20N2O4/c1-19-8-7-12-3-2-4-14(9-12)17(22)20-11-13-5-6-16(21)15(10-13)18(23)24/h2-6,9-10,19,21H,7-8,11H2,1H3,(H,20,22)(H,23,24). The van der Waals surface area contributed by atoms with Crippen LogP contribution in [0.5, 0.6) is 5.75 Å². The molecule has 0 atom stereocenters. The van der Waals surface area contributed by atoms with Crippen LogP contribution in [0.25, 0.3) is 0 Å². The third kappa shape index (κ3) is 4.57. The van der Waals surface area contributed by atoms with E-state index >= 15 is 0 Å². The van der Waals surface area contributed by atoms with Crippen LogP contribution in [0.15, 0.2) is 42.5 Å². The Balaban J connectivity index is 2.03. The van der Waals surface area contributed by atoms with Crippen molar-refractivity contribution in [1.29, 1.82) is 0 Å². The fourth-order valence-electron chi connectivity index (χ4n) is 2.29. The Bertz CT molecular complexity index is 744. The lowest BCUT2D eigenvalue weighted by Gasteiger charge is -2.08. The van der Waals surface area contributed by atoms with Crippen LogP contribution in [0.3, 0.4) is 0 Å². The van der Waals surface area contributed by atoms with Crippen LogP contribution in [0.1, 0.15) is 31.8 Å². The van der Waals surface area contributed by atoms with E-state index in [1.807, 2.05) is 25.2 Å². The molecule has 0 heterocycles. The maximum Gasteiger partial charge on any atom is 0.339 e. The number of aromatic hydroxyl groups is 1. The summed E-state index contributed by atoms with van der Waals surface area (Å²) in [5.74, 6) is -1.74. The SMILES string of the molecule is CNCCc1cccc(C(=O)NCc2ccc(O)c(C(=O)O)c2)c1. The van der Waals surface area contributed by atoms with E-state index < -0.39 is 5.97 Å². The highest BCUT2D eigenvalue weighted by atomic mass is 16.4. The zero-order valence-electron chi connectivity index (χ0n) is 13.4. The summed E-state index contributed by atoms with van der Waals surface area (Å²) in [5.41, 5.74) is 2.04. The molecule has 0 aliphatic carbocycles. The Labute approximate surface area is 140 Å². The Kier molecular flexibility index (Phi) is 5.92. The minimum Gasteiger partial charge on any atom is -0.507 e. The van der Waals surface area contributed by atoms with E-state index in [1.165, 1.54) is 12.1 Å². The van der Waals surface area contributed by atoms with Gasteiger partial charge in [-0.3, -0.25) is 4.79 Å². The highest BCUT2D eigenvalue weighted by Crippen LogP contribution is 2.18. The number of rotatable bonds is 7. The summed E-state index contributed by atoms with van der Waals surface area (Å²) in [6.45, 7) is 1.01. The van der Waals surface area contributed by atoms with Gasteiger partial charge in [0, 0.05) is 12.1 Å². The van der Waals surface area contributed by atoms with Gasteiger partial charge in [0.1, 0.15) is 11.3 Å². The van der Waals surface area contributed by atoms with Crippen LogP contribution in [0.4, 0.5) is 0 Å². The molecule has 2 rings (SSSR count). The number of carbonyl (C=O) groups is 2. The van der Waals surface area contributed by atoms with Gasteiger partial charge in [-0.05, 0) is 55.4 Å². The van der Waals surface area contributed by atoms with E-state index in [2.05, 4.69) is 10.6 Å². The smallest absolute Gasteiger partial charge is 0.339 e. The van der Waals surface area contributed by atoms with Crippen LogP contribution < -0.4 is 10.6 Å². The Morgan fingerprint density at radius 3 is 2.58 bits per heavy atom. The molecule has 0 aliphatic heterocycles. The summed E-state index contributed by atoms with van der Waals surface area (Å²) < 4.78 is 0. The van der Waals surface area contributed by atoms with E-state index in [9.17, 15) is 14.7 Å². The van der Waals surface area contributed by atoms with Crippen molar-refractivity contribution < 1.29 is 19.8 Å². The van der Waals surface area contributed by atoms with Crippen LogP contribution in [-0.4, -0.2) is 35.7 Å². The minimum atomic E-state index is -1.21. The first kappa shape index (κ1) is 17.5. The Hall–Kier alpha value is -2.86. The number of aromatic carboxylic acids is 1. The molecule has 24 heavy (non-hydrogen) atoms. The molecule has 4 N–H and O–H groups in total. The summed E-state index contributed by atoms with van der Waals surface area (Å²) in [7, 11) is 1.87. The monoisotopic (exact) mass is 328 g/mol. The van der Waals surface area contributed by atoms with Crippen molar-refractivity contribution in [2.24, 2.45) is 0 Å². The van der Waals surface area contributed by atoms with Crippen molar-refractivity contribution in [1.82, 2.24) is 10.6 Å². The molecule has 0 aliphatic rings. The number of carboxylic acid groups (broad SMARTS) is 1. The van der Waals surface area contributed by atoms with Crippen LogP contribution in [0.2, 0.25) is 0 Å². The van der Waals surface area contributed by atoms with E-state index in [0.29, 0.717) is 11.1 Å². The number of amides is 1. The van der Waals surface area contributed by atoms with Gasteiger partial charge in [0.2, 0.25) is 0 Å². The molecule has 6 heteroatoms. The second-order valence-electron chi connectivity index (χ2n) is 5.39. The molecule has 0 saturated carbocycles. The number of carboxylic acids is 1. The van der Waals surface area contributed by atoms with E-state index in [0.717, 1.165) is 18.5 Å². The highest BCUT2D eigenvalue weighted by molar-refractivity contribution is 5.94. The highest BCUT2D eigenvalue weighted by Gasteiger charge is 2.11. The van der Waals surface area contributed by atoms with E-state index in [1.54, 1.807) is 12.1 Å². The van der Waals surface area contributed by atoms with Gasteiger partial charge in [-0.25, -0.2) is 4.79 Å². The van der Waals surface area contributed by atoms with Crippen molar-refractivity contribution in [3.8, 4) is 5.75 Å². The number of likely N-dealkylation sites (N-methyl/N-ethyl adjacent to an activating group) is 1. The first-order valence-electron chi connectivity index (χ1n) is 7.58. The number of phenols is 1. The number of hydrogen-bond acceptors (Lipinski definition) is 4. The van der Waals surface area contributed by atoms with E-state index in [4.69, 9.17) is 5.11 Å². The average Bonchev–Trinajstić information content (AvgIpc) is 2.59. The molecule has 2 aromatic carbocycles. The summed E-state index contributed by atoms with van der Waals surface area (Å²) in [6.07, 6.45) is 0.831. The van der Waals surface area contributed by atoms with Gasteiger partial charge in [-0.1, -0.05) is 18.2 Å². The van der Waals surface area contributed by atoms with Crippen LogP contribution in [-0.2, 0) is 13.0 Å².